The summed E-state index contributed by atoms with van der Waals surface area (Å²) in [6.07, 6.45) is 9.88. The van der Waals surface area contributed by atoms with Gasteiger partial charge in [-0.05, 0) is 38.0 Å². The first-order valence-corrected chi connectivity index (χ1v) is 8.86. The van der Waals surface area contributed by atoms with Gasteiger partial charge in [0.15, 0.2) is 0 Å². The lowest BCUT2D eigenvalue weighted by Crippen LogP contribution is -2.51. The van der Waals surface area contributed by atoms with Crippen LogP contribution in [0.3, 0.4) is 0 Å². The van der Waals surface area contributed by atoms with E-state index in [0.717, 1.165) is 38.4 Å². The Hall–Kier alpha value is -0.610. The lowest BCUT2D eigenvalue weighted by molar-refractivity contribution is -0.123. The van der Waals surface area contributed by atoms with Gasteiger partial charge >= 0.3 is 0 Å². The lowest BCUT2D eigenvalue weighted by atomic mass is 9.92. The zero-order chi connectivity index (χ0) is 15.2. The summed E-state index contributed by atoms with van der Waals surface area (Å²) < 4.78 is 0. The van der Waals surface area contributed by atoms with Crippen LogP contribution in [-0.4, -0.2) is 42.0 Å². The van der Waals surface area contributed by atoms with Gasteiger partial charge in [0, 0.05) is 25.2 Å². The van der Waals surface area contributed by atoms with Gasteiger partial charge in [-0.2, -0.15) is 0 Å². The molecule has 0 aromatic rings. The van der Waals surface area contributed by atoms with Gasteiger partial charge in [0.05, 0.1) is 6.04 Å². The van der Waals surface area contributed by atoms with E-state index in [9.17, 15) is 4.79 Å². The van der Waals surface area contributed by atoms with Crippen LogP contribution in [0.15, 0.2) is 0 Å². The molecule has 1 atom stereocenters. The Balaban J connectivity index is 1.69. The molecular formula is C17H33N3O. The molecule has 4 heteroatoms. The zero-order valence-corrected chi connectivity index (χ0v) is 13.8. The average molecular weight is 295 g/mol. The summed E-state index contributed by atoms with van der Waals surface area (Å²) in [5, 5.41) is 3.16. The number of amides is 1. The molecule has 0 radical (unpaired) electrons. The van der Waals surface area contributed by atoms with Crippen LogP contribution in [0.2, 0.25) is 0 Å². The normalized spacial score (nSPS) is 24.2. The molecule has 4 nitrogen and oxygen atoms in total. The second-order valence-corrected chi connectivity index (χ2v) is 7.35. The van der Waals surface area contributed by atoms with E-state index in [4.69, 9.17) is 5.73 Å². The summed E-state index contributed by atoms with van der Waals surface area (Å²) >= 11 is 0. The summed E-state index contributed by atoms with van der Waals surface area (Å²) in [6, 6.07) is 0.788. The third kappa shape index (κ3) is 5.26. The van der Waals surface area contributed by atoms with Crippen LogP contribution in [0, 0.1) is 5.92 Å². The second kappa shape index (κ2) is 8.14. The van der Waals surface area contributed by atoms with Crippen LogP contribution in [-0.2, 0) is 4.79 Å². The number of carbonyl (C=O) groups is 1. The van der Waals surface area contributed by atoms with E-state index in [1.165, 1.54) is 32.1 Å². The first-order chi connectivity index (χ1) is 10.1. The van der Waals surface area contributed by atoms with Crippen molar-refractivity contribution in [3.8, 4) is 0 Å². The summed E-state index contributed by atoms with van der Waals surface area (Å²) in [4.78, 5) is 14.7. The minimum Gasteiger partial charge on any atom is -0.352 e. The largest absolute Gasteiger partial charge is 0.352 e. The maximum Gasteiger partial charge on any atom is 0.237 e. The molecule has 122 valence electrons. The fraction of sp³-hybridized carbons (Fsp3) is 0.941. The topological polar surface area (TPSA) is 58.4 Å². The standard InChI is InChI=1S/C17H33N3O/c1-13(2)12-16(18)17(21)19-14-8-10-20(11-9-14)15-6-4-3-5-7-15/h13-16H,3-12,18H2,1-2H3,(H,19,21)/t16-/m0/s1. The number of piperidine rings is 1. The number of likely N-dealkylation sites (tertiary alicyclic amines) is 1. The van der Waals surface area contributed by atoms with Crippen LogP contribution in [0.5, 0.6) is 0 Å². The van der Waals surface area contributed by atoms with E-state index in [-0.39, 0.29) is 11.9 Å². The van der Waals surface area contributed by atoms with Crippen molar-refractivity contribution in [2.45, 2.75) is 83.3 Å². The van der Waals surface area contributed by atoms with Gasteiger partial charge in [0.1, 0.15) is 0 Å². The van der Waals surface area contributed by atoms with Gasteiger partial charge in [0.2, 0.25) is 5.91 Å². The predicted molar refractivity (Wildman–Crippen MR) is 87.0 cm³/mol. The maximum atomic E-state index is 12.1. The molecule has 0 aromatic heterocycles. The van der Waals surface area contributed by atoms with Crippen LogP contribution < -0.4 is 11.1 Å². The Morgan fingerprint density at radius 1 is 1.14 bits per heavy atom. The molecular weight excluding hydrogens is 262 g/mol. The zero-order valence-electron chi connectivity index (χ0n) is 13.8. The van der Waals surface area contributed by atoms with Gasteiger partial charge in [-0.1, -0.05) is 33.1 Å². The van der Waals surface area contributed by atoms with Gasteiger partial charge in [-0.3, -0.25) is 4.79 Å². The smallest absolute Gasteiger partial charge is 0.237 e. The summed E-state index contributed by atoms with van der Waals surface area (Å²) in [6.45, 7) is 6.48. The number of rotatable bonds is 5. The first kappa shape index (κ1) is 16.8. The number of nitrogens with one attached hydrogen (secondary N) is 1. The third-order valence-corrected chi connectivity index (χ3v) is 5.03. The van der Waals surface area contributed by atoms with Gasteiger partial charge < -0.3 is 16.0 Å². The highest BCUT2D eigenvalue weighted by molar-refractivity contribution is 5.81. The number of nitrogens with two attached hydrogens (primary N) is 1. The minimum atomic E-state index is -0.346. The van der Waals surface area contributed by atoms with Crippen molar-refractivity contribution in [2.75, 3.05) is 13.1 Å². The van der Waals surface area contributed by atoms with Crippen molar-refractivity contribution >= 4 is 5.91 Å². The Labute approximate surface area is 129 Å². The molecule has 0 bridgehead atoms. The minimum absolute atomic E-state index is 0.0415. The molecule has 3 N–H and O–H groups in total. The maximum absolute atomic E-state index is 12.1. The molecule has 2 aliphatic rings. The van der Waals surface area contributed by atoms with Crippen molar-refractivity contribution in [3.05, 3.63) is 0 Å². The molecule has 1 heterocycles. The van der Waals surface area contributed by atoms with Crippen molar-refractivity contribution < 1.29 is 4.79 Å². The van der Waals surface area contributed by atoms with Crippen LogP contribution >= 0.6 is 0 Å². The number of nitrogens with zero attached hydrogens (tertiary/aromatic N) is 1. The summed E-state index contributed by atoms with van der Waals surface area (Å²) in [5.41, 5.74) is 5.96. The average Bonchev–Trinajstić information content (AvgIpc) is 2.48. The van der Waals surface area contributed by atoms with E-state index < -0.39 is 0 Å². The number of hydrogen-bond acceptors (Lipinski definition) is 3. The highest BCUT2D eigenvalue weighted by Gasteiger charge is 2.27. The van der Waals surface area contributed by atoms with E-state index in [0.29, 0.717) is 12.0 Å². The lowest BCUT2D eigenvalue weighted by Gasteiger charge is -2.39. The molecule has 2 rings (SSSR count). The van der Waals surface area contributed by atoms with Crippen LogP contribution in [0.1, 0.15) is 65.2 Å². The molecule has 1 saturated carbocycles. The SMILES string of the molecule is CC(C)C[C@H](N)C(=O)NC1CCN(C2CCCCC2)CC1. The monoisotopic (exact) mass is 295 g/mol. The number of hydrogen-bond donors (Lipinski definition) is 2. The van der Waals surface area contributed by atoms with Crippen LogP contribution in [0.4, 0.5) is 0 Å². The Morgan fingerprint density at radius 3 is 2.33 bits per heavy atom. The fourth-order valence-corrected chi connectivity index (χ4v) is 3.78. The van der Waals surface area contributed by atoms with E-state index in [1.807, 2.05) is 0 Å². The van der Waals surface area contributed by atoms with Gasteiger partial charge in [-0.15, -0.1) is 0 Å². The highest BCUT2D eigenvalue weighted by Crippen LogP contribution is 2.25. The molecule has 0 unspecified atom stereocenters. The van der Waals surface area contributed by atoms with E-state index in [1.54, 1.807) is 0 Å². The van der Waals surface area contributed by atoms with E-state index in [2.05, 4.69) is 24.1 Å². The quantitative estimate of drug-likeness (QED) is 0.818. The highest BCUT2D eigenvalue weighted by atomic mass is 16.2. The van der Waals surface area contributed by atoms with Crippen LogP contribution in [0.25, 0.3) is 0 Å². The fourth-order valence-electron chi connectivity index (χ4n) is 3.78. The molecule has 1 amide bonds. The first-order valence-electron chi connectivity index (χ1n) is 8.86. The molecule has 21 heavy (non-hydrogen) atoms. The Morgan fingerprint density at radius 2 is 1.76 bits per heavy atom. The third-order valence-electron chi connectivity index (χ3n) is 5.03. The summed E-state index contributed by atoms with van der Waals surface area (Å²) in [5.74, 6) is 0.513. The van der Waals surface area contributed by atoms with Crippen molar-refractivity contribution in [3.63, 3.8) is 0 Å². The molecule has 1 aliphatic carbocycles. The summed E-state index contributed by atoms with van der Waals surface area (Å²) in [7, 11) is 0. The molecule has 2 fully saturated rings. The van der Waals surface area contributed by atoms with Gasteiger partial charge in [0.25, 0.3) is 0 Å². The molecule has 1 saturated heterocycles. The van der Waals surface area contributed by atoms with Crippen molar-refractivity contribution in [2.24, 2.45) is 11.7 Å². The second-order valence-electron chi connectivity index (χ2n) is 7.35. The van der Waals surface area contributed by atoms with E-state index >= 15 is 0 Å². The molecule has 0 spiro atoms. The predicted octanol–water partition coefficient (Wildman–Crippen LogP) is 2.27. The van der Waals surface area contributed by atoms with Crippen molar-refractivity contribution in [1.29, 1.82) is 0 Å². The molecule has 1 aliphatic heterocycles. The Kier molecular flexibility index (Phi) is 6.49. The number of carbonyl (C=O) groups excluding carboxylic acids is 1. The Bertz CT molecular complexity index is 318. The van der Waals surface area contributed by atoms with Gasteiger partial charge in [-0.25, -0.2) is 0 Å². The van der Waals surface area contributed by atoms with Crippen molar-refractivity contribution in [1.82, 2.24) is 10.2 Å². The molecule has 0 aromatic carbocycles.